The van der Waals surface area contributed by atoms with Crippen LogP contribution in [0, 0.1) is 6.92 Å². The van der Waals surface area contributed by atoms with Crippen LogP contribution >= 0.6 is 11.8 Å². The lowest BCUT2D eigenvalue weighted by Gasteiger charge is -2.18. The van der Waals surface area contributed by atoms with Crippen LogP contribution < -0.4 is 9.47 Å². The SMILES string of the molecule is Cc1cc(CSc2ccc3c(c2)OCCO3)oc1C(=O)O. The molecule has 0 fully saturated rings. The van der Waals surface area contributed by atoms with Crippen molar-refractivity contribution in [3.63, 3.8) is 0 Å². The number of aryl methyl sites for hydroxylation is 1. The number of carbonyl (C=O) groups is 1. The van der Waals surface area contributed by atoms with Gasteiger partial charge < -0.3 is 19.0 Å². The molecular formula is C15H14O5S. The zero-order valence-corrected chi connectivity index (χ0v) is 12.2. The first-order valence-corrected chi connectivity index (χ1v) is 7.47. The van der Waals surface area contributed by atoms with Gasteiger partial charge in [0.05, 0.1) is 5.75 Å². The molecule has 0 radical (unpaired) electrons. The summed E-state index contributed by atoms with van der Waals surface area (Å²) in [5.74, 6) is 1.68. The molecule has 0 bridgehead atoms. The minimum Gasteiger partial charge on any atom is -0.486 e. The van der Waals surface area contributed by atoms with E-state index in [0.717, 1.165) is 16.4 Å². The van der Waals surface area contributed by atoms with Crippen LogP contribution in [0.25, 0.3) is 0 Å². The molecule has 110 valence electrons. The fraction of sp³-hybridized carbons (Fsp3) is 0.267. The average molecular weight is 306 g/mol. The maximum Gasteiger partial charge on any atom is 0.372 e. The summed E-state index contributed by atoms with van der Waals surface area (Å²) in [6, 6.07) is 7.51. The summed E-state index contributed by atoms with van der Waals surface area (Å²) < 4.78 is 16.3. The molecular weight excluding hydrogens is 292 g/mol. The van der Waals surface area contributed by atoms with Crippen LogP contribution in [0.3, 0.4) is 0 Å². The van der Waals surface area contributed by atoms with E-state index in [1.807, 2.05) is 18.2 Å². The molecule has 1 N–H and O–H groups in total. The van der Waals surface area contributed by atoms with Crippen LogP contribution in [0.1, 0.15) is 21.9 Å². The van der Waals surface area contributed by atoms with Crippen molar-refractivity contribution >= 4 is 17.7 Å². The highest BCUT2D eigenvalue weighted by Gasteiger charge is 2.15. The number of carboxylic acid groups (broad SMARTS) is 1. The molecule has 0 amide bonds. The fourth-order valence-corrected chi connectivity index (χ4v) is 2.91. The third-order valence-corrected chi connectivity index (χ3v) is 4.07. The number of furan rings is 1. The summed E-state index contributed by atoms with van der Waals surface area (Å²) in [7, 11) is 0. The minimum atomic E-state index is -1.04. The number of thioether (sulfide) groups is 1. The Morgan fingerprint density at radius 1 is 1.24 bits per heavy atom. The molecule has 1 aliphatic heterocycles. The lowest BCUT2D eigenvalue weighted by atomic mass is 10.3. The van der Waals surface area contributed by atoms with Gasteiger partial charge in [0.2, 0.25) is 5.76 Å². The number of fused-ring (bicyclic) bond motifs is 1. The third kappa shape index (κ3) is 3.00. The van der Waals surface area contributed by atoms with E-state index >= 15 is 0 Å². The van der Waals surface area contributed by atoms with Gasteiger partial charge in [0, 0.05) is 10.5 Å². The highest BCUT2D eigenvalue weighted by atomic mass is 32.2. The predicted octanol–water partition coefficient (Wildman–Crippen LogP) is 3.35. The molecule has 1 aromatic heterocycles. The molecule has 2 heterocycles. The maximum absolute atomic E-state index is 10.9. The Labute approximate surface area is 125 Å². The van der Waals surface area contributed by atoms with Crippen molar-refractivity contribution < 1.29 is 23.8 Å². The summed E-state index contributed by atoms with van der Waals surface area (Å²) in [4.78, 5) is 12.0. The standard InChI is InChI=1S/C15H14O5S/c1-9-6-10(20-14(9)15(16)17)8-21-11-2-3-12-13(7-11)19-5-4-18-12/h2-3,6-7H,4-5,8H2,1H3,(H,16,17). The average Bonchev–Trinajstić information content (AvgIpc) is 2.86. The first-order valence-electron chi connectivity index (χ1n) is 6.48. The van der Waals surface area contributed by atoms with E-state index in [-0.39, 0.29) is 5.76 Å². The molecule has 1 aromatic carbocycles. The van der Waals surface area contributed by atoms with Crippen LogP contribution in [0.15, 0.2) is 33.6 Å². The topological polar surface area (TPSA) is 68.9 Å². The molecule has 0 spiro atoms. The van der Waals surface area contributed by atoms with Crippen LogP contribution in [-0.4, -0.2) is 24.3 Å². The molecule has 6 heteroatoms. The van der Waals surface area contributed by atoms with Gasteiger partial charge in [0.1, 0.15) is 19.0 Å². The van der Waals surface area contributed by atoms with Gasteiger partial charge in [-0.25, -0.2) is 4.79 Å². The summed E-state index contributed by atoms with van der Waals surface area (Å²) in [6.07, 6.45) is 0. The van der Waals surface area contributed by atoms with Crippen molar-refractivity contribution in [3.05, 3.63) is 41.3 Å². The van der Waals surface area contributed by atoms with Gasteiger partial charge in [0.15, 0.2) is 11.5 Å². The van der Waals surface area contributed by atoms with Gasteiger partial charge in [-0.2, -0.15) is 0 Å². The third-order valence-electron chi connectivity index (χ3n) is 3.06. The molecule has 0 saturated heterocycles. The first-order chi connectivity index (χ1) is 10.1. The number of hydrogen-bond donors (Lipinski definition) is 1. The normalized spacial score (nSPS) is 13.2. The van der Waals surface area contributed by atoms with Crippen molar-refractivity contribution in [1.82, 2.24) is 0 Å². The van der Waals surface area contributed by atoms with E-state index in [4.69, 9.17) is 19.0 Å². The Morgan fingerprint density at radius 3 is 2.71 bits per heavy atom. The van der Waals surface area contributed by atoms with E-state index in [0.29, 0.717) is 30.3 Å². The minimum absolute atomic E-state index is 0.00720. The van der Waals surface area contributed by atoms with E-state index < -0.39 is 5.97 Å². The van der Waals surface area contributed by atoms with Gasteiger partial charge in [-0.15, -0.1) is 11.8 Å². The maximum atomic E-state index is 10.9. The molecule has 1 aliphatic rings. The van der Waals surface area contributed by atoms with Gasteiger partial charge in [-0.05, 0) is 31.2 Å². The van der Waals surface area contributed by atoms with Crippen molar-refractivity contribution in [3.8, 4) is 11.5 Å². The quantitative estimate of drug-likeness (QED) is 0.874. The number of ether oxygens (including phenoxy) is 2. The molecule has 3 rings (SSSR count). The predicted molar refractivity (Wildman–Crippen MR) is 77.4 cm³/mol. The van der Waals surface area contributed by atoms with Gasteiger partial charge in [-0.3, -0.25) is 0 Å². The van der Waals surface area contributed by atoms with Crippen molar-refractivity contribution in [2.45, 2.75) is 17.6 Å². The first kappa shape index (κ1) is 13.9. The number of benzene rings is 1. The fourth-order valence-electron chi connectivity index (χ4n) is 2.10. The summed E-state index contributed by atoms with van der Waals surface area (Å²) in [5, 5.41) is 8.97. The zero-order chi connectivity index (χ0) is 14.8. The Balaban J connectivity index is 1.70. The van der Waals surface area contributed by atoms with Gasteiger partial charge in [-0.1, -0.05) is 0 Å². The Kier molecular flexibility index (Phi) is 3.79. The Hall–Kier alpha value is -2.08. The van der Waals surface area contributed by atoms with Crippen molar-refractivity contribution in [2.24, 2.45) is 0 Å². The highest BCUT2D eigenvalue weighted by Crippen LogP contribution is 2.35. The van der Waals surface area contributed by atoms with E-state index in [9.17, 15) is 4.79 Å². The highest BCUT2D eigenvalue weighted by molar-refractivity contribution is 7.98. The van der Waals surface area contributed by atoms with E-state index in [1.54, 1.807) is 24.8 Å². The summed E-state index contributed by atoms with van der Waals surface area (Å²) >= 11 is 1.56. The van der Waals surface area contributed by atoms with Crippen molar-refractivity contribution in [2.75, 3.05) is 13.2 Å². The summed E-state index contributed by atoms with van der Waals surface area (Å²) in [5.41, 5.74) is 0.639. The molecule has 0 unspecified atom stereocenters. The van der Waals surface area contributed by atoms with Crippen molar-refractivity contribution in [1.29, 1.82) is 0 Å². The lowest BCUT2D eigenvalue weighted by molar-refractivity contribution is 0.0659. The van der Waals surface area contributed by atoms with Gasteiger partial charge >= 0.3 is 5.97 Å². The molecule has 2 aromatic rings. The molecule has 5 nitrogen and oxygen atoms in total. The number of aromatic carboxylic acids is 1. The second-order valence-electron chi connectivity index (χ2n) is 4.62. The Morgan fingerprint density at radius 2 is 2.00 bits per heavy atom. The second-order valence-corrected chi connectivity index (χ2v) is 5.67. The molecule has 21 heavy (non-hydrogen) atoms. The zero-order valence-electron chi connectivity index (χ0n) is 11.4. The van der Waals surface area contributed by atoms with E-state index in [1.165, 1.54) is 0 Å². The summed E-state index contributed by atoms with van der Waals surface area (Å²) in [6.45, 7) is 2.86. The monoisotopic (exact) mass is 306 g/mol. The number of rotatable bonds is 4. The van der Waals surface area contributed by atoms with Gasteiger partial charge in [0.25, 0.3) is 0 Å². The lowest BCUT2D eigenvalue weighted by Crippen LogP contribution is -2.15. The van der Waals surface area contributed by atoms with Crippen LogP contribution in [0.4, 0.5) is 0 Å². The molecule has 0 saturated carbocycles. The smallest absolute Gasteiger partial charge is 0.372 e. The van der Waals surface area contributed by atoms with E-state index in [2.05, 4.69) is 0 Å². The van der Waals surface area contributed by atoms with Crippen LogP contribution in [0.5, 0.6) is 11.5 Å². The number of carboxylic acids is 1. The molecule has 0 aliphatic carbocycles. The second kappa shape index (κ2) is 5.73. The molecule has 0 atom stereocenters. The largest absolute Gasteiger partial charge is 0.486 e. The Bertz CT molecular complexity index is 677. The number of hydrogen-bond acceptors (Lipinski definition) is 5. The van der Waals surface area contributed by atoms with Crippen LogP contribution in [-0.2, 0) is 5.75 Å². The van der Waals surface area contributed by atoms with Crippen LogP contribution in [0.2, 0.25) is 0 Å².